The van der Waals surface area contributed by atoms with Gasteiger partial charge in [-0.05, 0) is 39.7 Å². The third kappa shape index (κ3) is 2.02. The number of rotatable bonds is 1. The predicted octanol–water partition coefficient (Wildman–Crippen LogP) is 4.28. The van der Waals surface area contributed by atoms with Crippen molar-refractivity contribution in [1.29, 1.82) is 0 Å². The molecule has 0 saturated carbocycles. The number of carbonyl (C=O) groups is 2. The van der Waals surface area contributed by atoms with Crippen molar-refractivity contribution < 1.29 is 14.3 Å². The summed E-state index contributed by atoms with van der Waals surface area (Å²) in [5.41, 5.74) is -0.0812. The normalized spacial score (nSPS) is 25.1. The molecule has 2 aliphatic rings. The molecular weight excluding hydrogens is 288 g/mol. The summed E-state index contributed by atoms with van der Waals surface area (Å²) in [6.07, 6.45) is 0. The third-order valence-electron chi connectivity index (χ3n) is 5.20. The number of allylic oxidation sites excluding steroid dienone is 2. The van der Waals surface area contributed by atoms with Gasteiger partial charge < -0.3 is 4.74 Å². The van der Waals surface area contributed by atoms with Gasteiger partial charge in [0, 0.05) is 17.1 Å². The third-order valence-corrected chi connectivity index (χ3v) is 5.20. The Morgan fingerprint density at radius 2 is 1.61 bits per heavy atom. The molecule has 3 nitrogen and oxygen atoms in total. The maximum atomic E-state index is 13.1. The van der Waals surface area contributed by atoms with E-state index >= 15 is 0 Å². The number of ether oxygens (including phenoxy) is 1. The number of fused-ring (bicyclic) bond motifs is 1. The first-order valence-corrected chi connectivity index (χ1v) is 8.21. The zero-order valence-corrected chi connectivity index (χ0v) is 14.7. The largest absolute Gasteiger partial charge is 0.460 e. The van der Waals surface area contributed by atoms with Crippen LogP contribution in [0, 0.1) is 16.7 Å². The minimum Gasteiger partial charge on any atom is -0.460 e. The summed E-state index contributed by atoms with van der Waals surface area (Å²) in [7, 11) is 0. The zero-order chi connectivity index (χ0) is 17.2. The maximum absolute atomic E-state index is 13.1. The van der Waals surface area contributed by atoms with E-state index in [1.807, 2.05) is 38.1 Å². The summed E-state index contributed by atoms with van der Waals surface area (Å²) in [5, 5.41) is 0. The van der Waals surface area contributed by atoms with Gasteiger partial charge in [-0.3, -0.25) is 9.59 Å². The number of benzene rings is 1. The van der Waals surface area contributed by atoms with Crippen LogP contribution in [0.15, 0.2) is 35.6 Å². The highest BCUT2D eigenvalue weighted by Crippen LogP contribution is 2.54. The summed E-state index contributed by atoms with van der Waals surface area (Å²) in [5.74, 6) is 1.35. The van der Waals surface area contributed by atoms with Crippen molar-refractivity contribution in [3.05, 3.63) is 41.2 Å². The summed E-state index contributed by atoms with van der Waals surface area (Å²) in [6, 6.07) is 7.83. The molecule has 0 bridgehead atoms. The molecular formula is C20H24O3. The second kappa shape index (κ2) is 4.80. The topological polar surface area (TPSA) is 43.4 Å². The van der Waals surface area contributed by atoms with Crippen LogP contribution in [0.2, 0.25) is 0 Å². The molecule has 0 N–H and O–H groups in total. The molecule has 0 radical (unpaired) electrons. The van der Waals surface area contributed by atoms with E-state index in [9.17, 15) is 9.59 Å². The van der Waals surface area contributed by atoms with Crippen LogP contribution in [-0.4, -0.2) is 11.6 Å². The molecule has 1 aliphatic heterocycles. The van der Waals surface area contributed by atoms with Crippen molar-refractivity contribution in [2.45, 2.75) is 47.5 Å². The molecule has 0 fully saturated rings. The van der Waals surface area contributed by atoms with Crippen LogP contribution >= 0.6 is 0 Å². The van der Waals surface area contributed by atoms with Gasteiger partial charge >= 0.3 is 0 Å². The molecule has 1 atom stereocenters. The Kier molecular flexibility index (Phi) is 3.33. The van der Waals surface area contributed by atoms with E-state index in [0.717, 1.165) is 11.3 Å². The first-order chi connectivity index (χ1) is 10.6. The van der Waals surface area contributed by atoms with Gasteiger partial charge in [0.25, 0.3) is 0 Å². The smallest absolute Gasteiger partial charge is 0.175 e. The zero-order valence-electron chi connectivity index (χ0n) is 14.7. The molecule has 1 aromatic carbocycles. The second-order valence-electron chi connectivity index (χ2n) is 8.01. The van der Waals surface area contributed by atoms with Crippen molar-refractivity contribution in [2.24, 2.45) is 16.7 Å². The number of para-hydroxylation sites is 1. The molecule has 0 amide bonds. The standard InChI is InChI=1S/C20H24O3/c1-11(2)14-12-9-7-8-10-13(12)23-17-15(14)16(21)19(3,4)18(22)20(17,5)6/h7-11,14H,1-6H3. The number of hydrogen-bond acceptors (Lipinski definition) is 3. The highest BCUT2D eigenvalue weighted by molar-refractivity contribution is 6.19. The van der Waals surface area contributed by atoms with E-state index in [1.165, 1.54) is 0 Å². The Morgan fingerprint density at radius 3 is 2.22 bits per heavy atom. The van der Waals surface area contributed by atoms with E-state index in [1.54, 1.807) is 13.8 Å². The van der Waals surface area contributed by atoms with Gasteiger partial charge in [0.05, 0.1) is 10.8 Å². The Morgan fingerprint density at radius 1 is 1.00 bits per heavy atom. The molecule has 0 spiro atoms. The molecule has 122 valence electrons. The maximum Gasteiger partial charge on any atom is 0.175 e. The molecule has 1 aliphatic carbocycles. The minimum absolute atomic E-state index is 0.0332. The molecule has 1 aromatic rings. The van der Waals surface area contributed by atoms with Crippen LogP contribution in [0.3, 0.4) is 0 Å². The Labute approximate surface area is 137 Å². The minimum atomic E-state index is -1.01. The van der Waals surface area contributed by atoms with Gasteiger partial charge in [-0.1, -0.05) is 32.0 Å². The molecule has 0 aromatic heterocycles. The van der Waals surface area contributed by atoms with Crippen LogP contribution in [0.1, 0.15) is 53.0 Å². The average Bonchev–Trinajstić information content (AvgIpc) is 2.49. The van der Waals surface area contributed by atoms with E-state index in [4.69, 9.17) is 4.74 Å². The molecule has 1 unspecified atom stereocenters. The first-order valence-electron chi connectivity index (χ1n) is 8.21. The van der Waals surface area contributed by atoms with Crippen LogP contribution in [0.4, 0.5) is 0 Å². The SMILES string of the molecule is CC(C)C1C2=C(Oc3ccccc31)C(C)(C)C(=O)C(C)(C)C2=O. The number of ketones is 2. The molecule has 3 rings (SSSR count). The lowest BCUT2D eigenvalue weighted by Crippen LogP contribution is -2.52. The molecule has 0 saturated heterocycles. The van der Waals surface area contributed by atoms with Gasteiger partial charge in [0.1, 0.15) is 11.5 Å². The second-order valence-corrected chi connectivity index (χ2v) is 8.01. The van der Waals surface area contributed by atoms with Crippen molar-refractivity contribution >= 4 is 11.6 Å². The number of carbonyl (C=O) groups excluding carboxylic acids is 2. The summed E-state index contributed by atoms with van der Waals surface area (Å²) in [6.45, 7) is 11.4. The lowest BCUT2D eigenvalue weighted by Gasteiger charge is -2.45. The number of hydrogen-bond donors (Lipinski definition) is 0. The summed E-state index contributed by atoms with van der Waals surface area (Å²) < 4.78 is 6.10. The van der Waals surface area contributed by atoms with E-state index in [0.29, 0.717) is 11.3 Å². The Balaban J connectivity index is 2.32. The average molecular weight is 312 g/mol. The van der Waals surface area contributed by atoms with Gasteiger partial charge in [-0.25, -0.2) is 0 Å². The monoisotopic (exact) mass is 312 g/mol. The Hall–Kier alpha value is -1.90. The van der Waals surface area contributed by atoms with E-state index in [-0.39, 0.29) is 23.4 Å². The highest BCUT2D eigenvalue weighted by atomic mass is 16.5. The quantitative estimate of drug-likeness (QED) is 0.727. The van der Waals surface area contributed by atoms with E-state index in [2.05, 4.69) is 13.8 Å². The van der Waals surface area contributed by atoms with Crippen LogP contribution in [-0.2, 0) is 9.59 Å². The summed E-state index contributed by atoms with van der Waals surface area (Å²) >= 11 is 0. The lowest BCUT2D eigenvalue weighted by atomic mass is 9.59. The highest BCUT2D eigenvalue weighted by Gasteiger charge is 2.56. The van der Waals surface area contributed by atoms with Gasteiger partial charge in [0.2, 0.25) is 0 Å². The Bertz CT molecular complexity index is 735. The fraction of sp³-hybridized carbons (Fsp3) is 0.500. The van der Waals surface area contributed by atoms with Gasteiger partial charge in [-0.15, -0.1) is 0 Å². The molecule has 3 heteroatoms. The molecule has 23 heavy (non-hydrogen) atoms. The van der Waals surface area contributed by atoms with Crippen molar-refractivity contribution in [3.63, 3.8) is 0 Å². The van der Waals surface area contributed by atoms with Crippen molar-refractivity contribution in [2.75, 3.05) is 0 Å². The van der Waals surface area contributed by atoms with Crippen LogP contribution < -0.4 is 4.74 Å². The molecule has 1 heterocycles. The van der Waals surface area contributed by atoms with Gasteiger partial charge in [-0.2, -0.15) is 0 Å². The number of Topliss-reactive ketones (excluding diaryl/α,β-unsaturated/α-hetero) is 2. The van der Waals surface area contributed by atoms with Crippen molar-refractivity contribution in [3.8, 4) is 5.75 Å². The fourth-order valence-electron chi connectivity index (χ4n) is 4.02. The predicted molar refractivity (Wildman–Crippen MR) is 89.3 cm³/mol. The van der Waals surface area contributed by atoms with Crippen molar-refractivity contribution in [1.82, 2.24) is 0 Å². The fourth-order valence-corrected chi connectivity index (χ4v) is 4.02. The first kappa shape index (κ1) is 16.0. The van der Waals surface area contributed by atoms with Crippen LogP contribution in [0.25, 0.3) is 0 Å². The summed E-state index contributed by atoms with van der Waals surface area (Å²) in [4.78, 5) is 26.0. The van der Waals surface area contributed by atoms with Gasteiger partial charge in [0.15, 0.2) is 11.6 Å². The van der Waals surface area contributed by atoms with E-state index < -0.39 is 10.8 Å². The van der Waals surface area contributed by atoms with Crippen LogP contribution in [0.5, 0.6) is 5.75 Å². The lowest BCUT2D eigenvalue weighted by molar-refractivity contribution is -0.144.